The Morgan fingerprint density at radius 1 is 1.36 bits per heavy atom. The molecule has 0 aliphatic carbocycles. The van der Waals surface area contributed by atoms with Gasteiger partial charge in [-0.2, -0.15) is 5.26 Å². The third-order valence-corrected chi connectivity index (χ3v) is 3.44. The summed E-state index contributed by atoms with van der Waals surface area (Å²) >= 11 is 0. The number of hydrogen-bond donors (Lipinski definition) is 1. The number of ether oxygens (including phenoxy) is 2. The summed E-state index contributed by atoms with van der Waals surface area (Å²) in [6, 6.07) is 7.42. The van der Waals surface area contributed by atoms with Crippen molar-refractivity contribution in [2.24, 2.45) is 0 Å². The molecule has 0 saturated heterocycles. The molecule has 2 aromatic rings. The maximum Gasteiger partial charge on any atom is 0.262 e. The average molecular weight is 341 g/mol. The normalized spacial score (nSPS) is 10.9. The highest BCUT2D eigenvalue weighted by Gasteiger charge is 2.10. The molecule has 0 spiro atoms. The summed E-state index contributed by atoms with van der Waals surface area (Å²) in [5.74, 6) is 1.65. The number of nitriles is 1. The molecule has 7 nitrogen and oxygen atoms in total. The van der Waals surface area contributed by atoms with Gasteiger partial charge in [0, 0.05) is 19.5 Å². The van der Waals surface area contributed by atoms with Crippen LogP contribution in [0, 0.1) is 18.3 Å². The second kappa shape index (κ2) is 8.55. The zero-order chi connectivity index (χ0) is 18.2. The Morgan fingerprint density at radius 3 is 2.72 bits per heavy atom. The van der Waals surface area contributed by atoms with Crippen molar-refractivity contribution in [2.45, 2.75) is 13.3 Å². The van der Waals surface area contributed by atoms with Crippen molar-refractivity contribution in [3.8, 4) is 17.6 Å². The van der Waals surface area contributed by atoms with Crippen molar-refractivity contribution >= 4 is 12.0 Å². The molecule has 0 unspecified atom stereocenters. The quantitative estimate of drug-likeness (QED) is 0.613. The van der Waals surface area contributed by atoms with E-state index in [1.165, 1.54) is 12.3 Å². The van der Waals surface area contributed by atoms with Gasteiger partial charge in [0.15, 0.2) is 17.4 Å². The zero-order valence-corrected chi connectivity index (χ0v) is 14.3. The first-order chi connectivity index (χ1) is 12.1. The first-order valence-electron chi connectivity index (χ1n) is 7.60. The van der Waals surface area contributed by atoms with E-state index in [0.29, 0.717) is 36.1 Å². The van der Waals surface area contributed by atoms with Crippen LogP contribution in [0.4, 0.5) is 0 Å². The molecule has 0 atom stereocenters. The van der Waals surface area contributed by atoms with Gasteiger partial charge in [-0.1, -0.05) is 6.07 Å². The Balaban J connectivity index is 1.95. The molecule has 2 rings (SSSR count). The second-order valence-corrected chi connectivity index (χ2v) is 5.15. The molecular weight excluding hydrogens is 322 g/mol. The van der Waals surface area contributed by atoms with E-state index in [-0.39, 0.29) is 5.57 Å². The van der Waals surface area contributed by atoms with E-state index in [1.807, 2.05) is 24.3 Å². The topological polar surface area (TPSA) is 97.4 Å². The number of rotatable bonds is 7. The molecule has 0 aliphatic heterocycles. The molecule has 1 aromatic heterocycles. The molecule has 1 amide bonds. The lowest BCUT2D eigenvalue weighted by atomic mass is 10.1. The Bertz CT molecular complexity index is 818. The van der Waals surface area contributed by atoms with Gasteiger partial charge in [-0.05, 0) is 24.1 Å². The van der Waals surface area contributed by atoms with Crippen molar-refractivity contribution in [3.63, 3.8) is 0 Å². The first kappa shape index (κ1) is 18.1. The van der Waals surface area contributed by atoms with Gasteiger partial charge in [0.25, 0.3) is 5.91 Å². The minimum absolute atomic E-state index is 0.0385. The van der Waals surface area contributed by atoms with Crippen LogP contribution >= 0.6 is 0 Å². The van der Waals surface area contributed by atoms with Crippen LogP contribution in [0.2, 0.25) is 0 Å². The summed E-state index contributed by atoms with van der Waals surface area (Å²) in [5.41, 5.74) is 0.940. The highest BCUT2D eigenvalue weighted by Crippen LogP contribution is 2.27. The van der Waals surface area contributed by atoms with Gasteiger partial charge >= 0.3 is 0 Å². The van der Waals surface area contributed by atoms with E-state index >= 15 is 0 Å². The van der Waals surface area contributed by atoms with Crippen molar-refractivity contribution in [1.82, 2.24) is 10.3 Å². The molecule has 1 N–H and O–H groups in total. The lowest BCUT2D eigenvalue weighted by molar-refractivity contribution is -0.117. The van der Waals surface area contributed by atoms with Crippen LogP contribution in [-0.2, 0) is 11.2 Å². The summed E-state index contributed by atoms with van der Waals surface area (Å²) < 4.78 is 15.7. The lowest BCUT2D eigenvalue weighted by Crippen LogP contribution is -2.26. The maximum absolute atomic E-state index is 12.1. The molecule has 0 aliphatic rings. The highest BCUT2D eigenvalue weighted by atomic mass is 16.5. The van der Waals surface area contributed by atoms with E-state index in [1.54, 1.807) is 21.1 Å². The Kier molecular flexibility index (Phi) is 6.18. The summed E-state index contributed by atoms with van der Waals surface area (Å²) in [5, 5.41) is 11.8. The molecule has 0 bridgehead atoms. The number of aryl methyl sites for hydroxylation is 1. The van der Waals surface area contributed by atoms with Crippen LogP contribution in [0.3, 0.4) is 0 Å². The Morgan fingerprint density at radius 2 is 2.12 bits per heavy atom. The number of methoxy groups -OCH3 is 2. The van der Waals surface area contributed by atoms with Crippen molar-refractivity contribution in [3.05, 3.63) is 47.2 Å². The maximum atomic E-state index is 12.1. The number of nitrogens with zero attached hydrogens (tertiary/aromatic N) is 2. The second-order valence-electron chi connectivity index (χ2n) is 5.15. The predicted molar refractivity (Wildman–Crippen MR) is 91.1 cm³/mol. The Hall–Kier alpha value is -3.27. The molecule has 1 aromatic carbocycles. The fourth-order valence-corrected chi connectivity index (χ4v) is 2.19. The largest absolute Gasteiger partial charge is 0.493 e. The van der Waals surface area contributed by atoms with Gasteiger partial charge in [-0.3, -0.25) is 4.79 Å². The number of hydrogen-bond acceptors (Lipinski definition) is 6. The third kappa shape index (κ3) is 4.85. The average Bonchev–Trinajstić information content (AvgIpc) is 3.04. The van der Waals surface area contributed by atoms with Crippen LogP contribution in [0.15, 0.2) is 34.4 Å². The van der Waals surface area contributed by atoms with Gasteiger partial charge < -0.3 is 19.2 Å². The Labute approximate surface area is 145 Å². The molecule has 25 heavy (non-hydrogen) atoms. The smallest absolute Gasteiger partial charge is 0.262 e. The number of benzene rings is 1. The number of nitrogens with one attached hydrogen (secondary N) is 1. The monoisotopic (exact) mass is 341 g/mol. The van der Waals surface area contributed by atoms with Crippen LogP contribution in [-0.4, -0.2) is 31.7 Å². The van der Waals surface area contributed by atoms with E-state index in [0.717, 1.165) is 5.56 Å². The highest BCUT2D eigenvalue weighted by molar-refractivity contribution is 6.01. The number of carbonyl (C=O) groups is 1. The predicted octanol–water partition coefficient (Wildman–Crippen LogP) is 2.27. The summed E-state index contributed by atoms with van der Waals surface area (Å²) in [7, 11) is 3.14. The van der Waals surface area contributed by atoms with E-state index < -0.39 is 5.91 Å². The third-order valence-electron chi connectivity index (χ3n) is 3.44. The molecule has 0 saturated carbocycles. The summed E-state index contributed by atoms with van der Waals surface area (Å²) in [4.78, 5) is 16.0. The van der Waals surface area contributed by atoms with E-state index in [2.05, 4.69) is 10.3 Å². The van der Waals surface area contributed by atoms with Crippen molar-refractivity contribution in [2.75, 3.05) is 20.8 Å². The molecule has 0 radical (unpaired) electrons. The van der Waals surface area contributed by atoms with Crippen LogP contribution < -0.4 is 14.8 Å². The summed E-state index contributed by atoms with van der Waals surface area (Å²) in [6.07, 6.45) is 3.42. The molecular formula is C18H19N3O4. The van der Waals surface area contributed by atoms with Crippen molar-refractivity contribution in [1.29, 1.82) is 5.26 Å². The number of oxazole rings is 1. The number of amides is 1. The molecule has 7 heteroatoms. The fourth-order valence-electron chi connectivity index (χ4n) is 2.19. The minimum Gasteiger partial charge on any atom is -0.493 e. The van der Waals surface area contributed by atoms with Gasteiger partial charge in [-0.25, -0.2) is 4.98 Å². The summed E-state index contributed by atoms with van der Waals surface area (Å²) in [6.45, 7) is 2.06. The van der Waals surface area contributed by atoms with Crippen LogP contribution in [0.25, 0.3) is 6.08 Å². The molecule has 130 valence electrons. The van der Waals surface area contributed by atoms with Gasteiger partial charge in [0.1, 0.15) is 17.4 Å². The number of carbonyl (C=O) groups excluding carboxylic acids is 1. The zero-order valence-electron chi connectivity index (χ0n) is 14.3. The fraction of sp³-hybridized carbons (Fsp3) is 0.278. The molecule has 0 fully saturated rings. The number of aromatic nitrogens is 1. The van der Waals surface area contributed by atoms with Crippen LogP contribution in [0.1, 0.15) is 17.2 Å². The minimum atomic E-state index is -0.461. The lowest BCUT2D eigenvalue weighted by Gasteiger charge is -2.10. The van der Waals surface area contributed by atoms with Gasteiger partial charge in [0.2, 0.25) is 0 Å². The standard InChI is InChI=1S/C18H19N3O4/c1-12-21-11-15(25-12)9-14(10-19)18(22)20-7-6-13-4-5-16(23-2)17(8-13)24-3/h4-5,8-9,11H,6-7H2,1-3H3,(H,20,22)/b14-9-. The van der Waals surface area contributed by atoms with Gasteiger partial charge in [-0.15, -0.1) is 0 Å². The van der Waals surface area contributed by atoms with E-state index in [9.17, 15) is 4.79 Å². The SMILES string of the molecule is COc1ccc(CCNC(=O)/C(C#N)=C\c2cnc(C)o2)cc1OC. The first-order valence-corrected chi connectivity index (χ1v) is 7.60. The van der Waals surface area contributed by atoms with Crippen molar-refractivity contribution < 1.29 is 18.7 Å². The molecule has 1 heterocycles. The van der Waals surface area contributed by atoms with Gasteiger partial charge in [0.05, 0.1) is 20.4 Å². The van der Waals surface area contributed by atoms with E-state index in [4.69, 9.17) is 19.2 Å². The van der Waals surface area contributed by atoms with Crippen LogP contribution in [0.5, 0.6) is 11.5 Å².